The van der Waals surface area contributed by atoms with Gasteiger partial charge in [-0.3, -0.25) is 4.79 Å². The standard InChI is InChI=1S/C17H26O3/c1-13(2)16(17(18)19)8-6-4-5-7-14-9-11-15(20-3)12-10-14/h9-13,16H,4-8H2,1-3H3,(H,18,19). The smallest absolute Gasteiger partial charge is 0.306 e. The maximum absolute atomic E-state index is 11.1. The van der Waals surface area contributed by atoms with Gasteiger partial charge in [-0.2, -0.15) is 0 Å². The normalized spacial score (nSPS) is 12.4. The maximum atomic E-state index is 11.1. The van der Waals surface area contributed by atoms with E-state index in [1.54, 1.807) is 7.11 Å². The number of carboxylic acids is 1. The van der Waals surface area contributed by atoms with Crippen LogP contribution < -0.4 is 4.74 Å². The fraction of sp³-hybridized carbons (Fsp3) is 0.588. The Kier molecular flexibility index (Phi) is 7.13. The van der Waals surface area contributed by atoms with Gasteiger partial charge in [0.1, 0.15) is 5.75 Å². The molecule has 0 saturated heterocycles. The number of rotatable bonds is 9. The average molecular weight is 278 g/mol. The Balaban J connectivity index is 2.22. The summed E-state index contributed by atoms with van der Waals surface area (Å²) in [7, 11) is 1.67. The van der Waals surface area contributed by atoms with Crippen molar-refractivity contribution in [1.82, 2.24) is 0 Å². The van der Waals surface area contributed by atoms with Gasteiger partial charge in [0.15, 0.2) is 0 Å². The van der Waals surface area contributed by atoms with Gasteiger partial charge in [0, 0.05) is 0 Å². The molecule has 20 heavy (non-hydrogen) atoms. The largest absolute Gasteiger partial charge is 0.497 e. The van der Waals surface area contributed by atoms with Crippen molar-refractivity contribution in [2.75, 3.05) is 7.11 Å². The first kappa shape index (κ1) is 16.5. The molecule has 1 N–H and O–H groups in total. The number of aliphatic carboxylic acids is 1. The first-order valence-electron chi connectivity index (χ1n) is 7.40. The van der Waals surface area contributed by atoms with E-state index >= 15 is 0 Å². The van der Waals surface area contributed by atoms with Gasteiger partial charge < -0.3 is 9.84 Å². The summed E-state index contributed by atoms with van der Waals surface area (Å²) in [6, 6.07) is 8.14. The van der Waals surface area contributed by atoms with Crippen molar-refractivity contribution in [3.05, 3.63) is 29.8 Å². The molecule has 0 bridgehead atoms. The van der Waals surface area contributed by atoms with Crippen molar-refractivity contribution in [3.63, 3.8) is 0 Å². The van der Waals surface area contributed by atoms with E-state index in [0.29, 0.717) is 0 Å². The SMILES string of the molecule is COc1ccc(CCCCCC(C(=O)O)C(C)C)cc1. The molecular formula is C17H26O3. The molecule has 0 fully saturated rings. The molecule has 0 aliphatic carbocycles. The summed E-state index contributed by atoms with van der Waals surface area (Å²) in [5, 5.41) is 9.12. The second-order valence-electron chi connectivity index (χ2n) is 5.64. The van der Waals surface area contributed by atoms with Gasteiger partial charge in [-0.15, -0.1) is 0 Å². The lowest BCUT2D eigenvalue weighted by Gasteiger charge is -2.15. The van der Waals surface area contributed by atoms with Gasteiger partial charge in [-0.25, -0.2) is 0 Å². The molecular weight excluding hydrogens is 252 g/mol. The van der Waals surface area contributed by atoms with Gasteiger partial charge in [0.25, 0.3) is 0 Å². The number of unbranched alkanes of at least 4 members (excludes halogenated alkanes) is 2. The highest BCUT2D eigenvalue weighted by Crippen LogP contribution is 2.20. The number of hydrogen-bond donors (Lipinski definition) is 1. The van der Waals surface area contributed by atoms with Crippen molar-refractivity contribution in [2.24, 2.45) is 11.8 Å². The molecule has 3 heteroatoms. The minimum atomic E-state index is -0.657. The molecule has 1 rings (SSSR count). The summed E-state index contributed by atoms with van der Waals surface area (Å²) < 4.78 is 5.13. The molecule has 1 atom stereocenters. The van der Waals surface area contributed by atoms with Crippen LogP contribution in [0.3, 0.4) is 0 Å². The predicted molar refractivity (Wildman–Crippen MR) is 81.1 cm³/mol. The third-order valence-electron chi connectivity index (χ3n) is 3.76. The number of aryl methyl sites for hydroxylation is 1. The van der Waals surface area contributed by atoms with Crippen LogP contribution in [-0.4, -0.2) is 18.2 Å². The van der Waals surface area contributed by atoms with E-state index in [2.05, 4.69) is 12.1 Å². The van der Waals surface area contributed by atoms with Gasteiger partial charge >= 0.3 is 5.97 Å². The molecule has 1 aromatic rings. The molecule has 0 spiro atoms. The first-order chi connectivity index (χ1) is 9.54. The Bertz CT molecular complexity index is 395. The summed E-state index contributed by atoms with van der Waals surface area (Å²) >= 11 is 0. The quantitative estimate of drug-likeness (QED) is 0.690. The Labute approximate surface area is 122 Å². The summed E-state index contributed by atoms with van der Waals surface area (Å²) in [4.78, 5) is 11.1. The minimum Gasteiger partial charge on any atom is -0.497 e. The Hall–Kier alpha value is -1.51. The second kappa shape index (κ2) is 8.62. The molecule has 0 amide bonds. The monoisotopic (exact) mass is 278 g/mol. The molecule has 1 aromatic carbocycles. The van der Waals surface area contributed by atoms with E-state index in [1.807, 2.05) is 26.0 Å². The lowest BCUT2D eigenvalue weighted by Crippen LogP contribution is -2.19. The first-order valence-corrected chi connectivity index (χ1v) is 7.40. The average Bonchev–Trinajstić information content (AvgIpc) is 2.42. The lowest BCUT2D eigenvalue weighted by molar-refractivity contribution is -0.143. The zero-order valence-electron chi connectivity index (χ0n) is 12.8. The minimum absolute atomic E-state index is 0.198. The van der Waals surface area contributed by atoms with Gasteiger partial charge in [0.2, 0.25) is 0 Å². The Morgan fingerprint density at radius 3 is 2.30 bits per heavy atom. The summed E-state index contributed by atoms with van der Waals surface area (Å²) in [6.45, 7) is 3.96. The van der Waals surface area contributed by atoms with Crippen LogP contribution in [0.5, 0.6) is 5.75 Å². The number of methoxy groups -OCH3 is 1. The molecule has 0 heterocycles. The van der Waals surface area contributed by atoms with Gasteiger partial charge in [-0.1, -0.05) is 38.8 Å². The summed E-state index contributed by atoms with van der Waals surface area (Å²) in [5.74, 6) is 0.246. The van der Waals surface area contributed by atoms with Gasteiger partial charge in [-0.05, 0) is 42.9 Å². The number of carbonyl (C=O) groups is 1. The van der Waals surface area contributed by atoms with Crippen LogP contribution in [0.2, 0.25) is 0 Å². The van der Waals surface area contributed by atoms with Crippen LogP contribution in [-0.2, 0) is 11.2 Å². The Morgan fingerprint density at radius 2 is 1.80 bits per heavy atom. The van der Waals surface area contributed by atoms with Crippen LogP contribution in [0, 0.1) is 11.8 Å². The summed E-state index contributed by atoms with van der Waals surface area (Å²) in [5.41, 5.74) is 1.31. The third-order valence-corrected chi connectivity index (χ3v) is 3.76. The highest BCUT2D eigenvalue weighted by molar-refractivity contribution is 5.70. The van der Waals surface area contributed by atoms with E-state index in [0.717, 1.165) is 37.9 Å². The van der Waals surface area contributed by atoms with Crippen molar-refractivity contribution < 1.29 is 14.6 Å². The van der Waals surface area contributed by atoms with E-state index in [1.165, 1.54) is 5.56 Å². The molecule has 0 radical (unpaired) electrons. The zero-order valence-corrected chi connectivity index (χ0v) is 12.8. The molecule has 0 saturated carbocycles. The molecule has 0 aromatic heterocycles. The van der Waals surface area contributed by atoms with Crippen LogP contribution in [0.25, 0.3) is 0 Å². The molecule has 3 nitrogen and oxygen atoms in total. The van der Waals surface area contributed by atoms with Crippen molar-refractivity contribution in [1.29, 1.82) is 0 Å². The van der Waals surface area contributed by atoms with Crippen molar-refractivity contribution >= 4 is 5.97 Å². The fourth-order valence-electron chi connectivity index (χ4n) is 2.40. The topological polar surface area (TPSA) is 46.5 Å². The van der Waals surface area contributed by atoms with Crippen LogP contribution in [0.15, 0.2) is 24.3 Å². The van der Waals surface area contributed by atoms with E-state index in [4.69, 9.17) is 9.84 Å². The van der Waals surface area contributed by atoms with Crippen LogP contribution >= 0.6 is 0 Å². The lowest BCUT2D eigenvalue weighted by atomic mass is 9.90. The third kappa shape index (κ3) is 5.64. The highest BCUT2D eigenvalue weighted by Gasteiger charge is 2.20. The molecule has 0 aliphatic heterocycles. The molecule has 0 aliphatic rings. The van der Waals surface area contributed by atoms with Crippen LogP contribution in [0.4, 0.5) is 0 Å². The van der Waals surface area contributed by atoms with E-state index in [9.17, 15) is 4.79 Å². The Morgan fingerprint density at radius 1 is 1.15 bits per heavy atom. The highest BCUT2D eigenvalue weighted by atomic mass is 16.5. The zero-order chi connectivity index (χ0) is 15.0. The second-order valence-corrected chi connectivity index (χ2v) is 5.64. The molecule has 112 valence electrons. The fourth-order valence-corrected chi connectivity index (χ4v) is 2.40. The number of hydrogen-bond acceptors (Lipinski definition) is 2. The number of carboxylic acid groups (broad SMARTS) is 1. The van der Waals surface area contributed by atoms with Crippen molar-refractivity contribution in [2.45, 2.75) is 46.0 Å². The summed E-state index contributed by atoms with van der Waals surface area (Å²) in [6.07, 6.45) is 5.02. The van der Waals surface area contributed by atoms with E-state index < -0.39 is 5.97 Å². The van der Waals surface area contributed by atoms with E-state index in [-0.39, 0.29) is 11.8 Å². The van der Waals surface area contributed by atoms with Gasteiger partial charge in [0.05, 0.1) is 13.0 Å². The predicted octanol–water partition coefficient (Wildman–Crippen LogP) is 4.15. The number of benzene rings is 1. The van der Waals surface area contributed by atoms with Crippen molar-refractivity contribution in [3.8, 4) is 5.75 Å². The number of ether oxygens (including phenoxy) is 1. The molecule has 1 unspecified atom stereocenters. The maximum Gasteiger partial charge on any atom is 0.306 e. The van der Waals surface area contributed by atoms with Crippen LogP contribution in [0.1, 0.15) is 45.1 Å².